The first-order valence-electron chi connectivity index (χ1n) is 4.41. The van der Waals surface area contributed by atoms with E-state index in [2.05, 4.69) is 15.9 Å². The van der Waals surface area contributed by atoms with Crippen molar-refractivity contribution < 1.29 is 4.74 Å². The highest BCUT2D eigenvalue weighted by Gasteiger charge is 2.04. The van der Waals surface area contributed by atoms with E-state index < -0.39 is 0 Å². The van der Waals surface area contributed by atoms with Crippen LogP contribution in [0, 0.1) is 5.92 Å². The molecule has 0 radical (unpaired) electrons. The number of hydrogen-bond acceptors (Lipinski definition) is 2. The molecule has 0 fully saturated rings. The lowest BCUT2D eigenvalue weighted by molar-refractivity contribution is 0.262. The van der Waals surface area contributed by atoms with Crippen LogP contribution in [-0.2, 0) is 0 Å². The van der Waals surface area contributed by atoms with Crippen molar-refractivity contribution in [2.75, 3.05) is 13.2 Å². The minimum Gasteiger partial charge on any atom is -0.492 e. The van der Waals surface area contributed by atoms with Gasteiger partial charge in [0.15, 0.2) is 0 Å². The van der Waals surface area contributed by atoms with Crippen LogP contribution in [-0.4, -0.2) is 13.2 Å². The number of halogens is 2. The maximum atomic E-state index is 5.80. The Morgan fingerprint density at radius 3 is 2.86 bits per heavy atom. The van der Waals surface area contributed by atoms with Gasteiger partial charge in [-0.05, 0) is 40.7 Å². The van der Waals surface area contributed by atoms with Crippen molar-refractivity contribution in [3.8, 4) is 5.75 Å². The molecule has 0 spiro atoms. The van der Waals surface area contributed by atoms with E-state index in [1.54, 1.807) is 6.07 Å². The minimum absolute atomic E-state index is 0.359. The van der Waals surface area contributed by atoms with Gasteiger partial charge >= 0.3 is 0 Å². The molecule has 0 saturated heterocycles. The van der Waals surface area contributed by atoms with Crippen LogP contribution in [0.2, 0.25) is 5.02 Å². The smallest absolute Gasteiger partial charge is 0.133 e. The van der Waals surface area contributed by atoms with Crippen LogP contribution in [0.5, 0.6) is 5.75 Å². The van der Waals surface area contributed by atoms with Crippen LogP contribution in [0.3, 0.4) is 0 Å². The van der Waals surface area contributed by atoms with Crippen LogP contribution < -0.4 is 10.5 Å². The summed E-state index contributed by atoms with van der Waals surface area (Å²) in [5.74, 6) is 1.16. The molecule has 1 rings (SSSR count). The molecule has 1 aromatic rings. The van der Waals surface area contributed by atoms with E-state index in [0.717, 1.165) is 10.2 Å². The summed E-state index contributed by atoms with van der Waals surface area (Å²) in [6.45, 7) is 3.30. The average molecular weight is 279 g/mol. The van der Waals surface area contributed by atoms with Gasteiger partial charge in [0.25, 0.3) is 0 Å². The maximum Gasteiger partial charge on any atom is 0.133 e. The third-order valence-corrected chi connectivity index (χ3v) is 2.67. The molecule has 0 aliphatic rings. The molecule has 4 heteroatoms. The fourth-order valence-electron chi connectivity index (χ4n) is 0.892. The highest BCUT2D eigenvalue weighted by atomic mass is 79.9. The zero-order valence-corrected chi connectivity index (χ0v) is 10.3. The lowest BCUT2D eigenvalue weighted by atomic mass is 10.2. The maximum absolute atomic E-state index is 5.80. The summed E-state index contributed by atoms with van der Waals surface area (Å²) in [4.78, 5) is 0. The number of ether oxygens (including phenoxy) is 1. The van der Waals surface area contributed by atoms with Gasteiger partial charge in [-0.2, -0.15) is 0 Å². The second-order valence-electron chi connectivity index (χ2n) is 3.23. The average Bonchev–Trinajstić information content (AvgIpc) is 2.16. The second kappa shape index (κ2) is 5.59. The van der Waals surface area contributed by atoms with Crippen LogP contribution in [0.4, 0.5) is 0 Å². The van der Waals surface area contributed by atoms with E-state index in [-0.39, 0.29) is 0 Å². The first kappa shape index (κ1) is 11.8. The van der Waals surface area contributed by atoms with Gasteiger partial charge in [0.2, 0.25) is 0 Å². The Balaban J connectivity index is 2.59. The molecule has 0 bridgehead atoms. The van der Waals surface area contributed by atoms with Gasteiger partial charge in [-0.3, -0.25) is 0 Å². The summed E-state index contributed by atoms with van der Waals surface area (Å²) in [5, 5.41) is 0.691. The van der Waals surface area contributed by atoms with Crippen LogP contribution in [0.15, 0.2) is 22.7 Å². The molecule has 1 aromatic carbocycles. The monoisotopic (exact) mass is 277 g/mol. The lowest BCUT2D eigenvalue weighted by Gasteiger charge is -2.12. The second-order valence-corrected chi connectivity index (χ2v) is 4.52. The zero-order chi connectivity index (χ0) is 10.6. The molecule has 1 atom stereocenters. The van der Waals surface area contributed by atoms with E-state index in [0.29, 0.717) is 24.1 Å². The molecule has 2 N–H and O–H groups in total. The van der Waals surface area contributed by atoms with Crippen molar-refractivity contribution in [3.05, 3.63) is 27.7 Å². The molecule has 0 aliphatic heterocycles. The van der Waals surface area contributed by atoms with E-state index in [9.17, 15) is 0 Å². The Bertz CT molecular complexity index is 306. The molecule has 0 amide bonds. The third-order valence-electron chi connectivity index (χ3n) is 1.82. The molecule has 78 valence electrons. The highest BCUT2D eigenvalue weighted by molar-refractivity contribution is 9.10. The topological polar surface area (TPSA) is 35.2 Å². The summed E-state index contributed by atoms with van der Waals surface area (Å²) in [6.07, 6.45) is 0. The van der Waals surface area contributed by atoms with Crippen molar-refractivity contribution in [1.82, 2.24) is 0 Å². The Labute approximate surface area is 97.5 Å². The molecule has 0 aliphatic carbocycles. The van der Waals surface area contributed by atoms with Gasteiger partial charge in [-0.25, -0.2) is 0 Å². The summed E-state index contributed by atoms with van der Waals surface area (Å²) in [7, 11) is 0. The van der Waals surface area contributed by atoms with Gasteiger partial charge in [0.05, 0.1) is 11.1 Å². The third kappa shape index (κ3) is 3.48. The van der Waals surface area contributed by atoms with Crippen molar-refractivity contribution in [1.29, 1.82) is 0 Å². The molecule has 2 nitrogen and oxygen atoms in total. The van der Waals surface area contributed by atoms with Gasteiger partial charge < -0.3 is 10.5 Å². The van der Waals surface area contributed by atoms with Crippen LogP contribution in [0.25, 0.3) is 0 Å². The van der Waals surface area contributed by atoms with E-state index in [1.165, 1.54) is 0 Å². The van der Waals surface area contributed by atoms with Crippen LogP contribution in [0.1, 0.15) is 6.92 Å². The Morgan fingerprint density at radius 1 is 1.57 bits per heavy atom. The summed E-state index contributed by atoms with van der Waals surface area (Å²) < 4.78 is 6.43. The molecular weight excluding hydrogens is 265 g/mol. The molecule has 1 unspecified atom stereocenters. The van der Waals surface area contributed by atoms with Gasteiger partial charge in [0, 0.05) is 10.9 Å². The lowest BCUT2D eigenvalue weighted by Crippen LogP contribution is -2.18. The fraction of sp³-hybridized carbons (Fsp3) is 0.400. The predicted octanol–water partition coefficient (Wildman–Crippen LogP) is 3.08. The van der Waals surface area contributed by atoms with E-state index >= 15 is 0 Å². The van der Waals surface area contributed by atoms with Gasteiger partial charge in [-0.15, -0.1) is 0 Å². The number of hydrogen-bond donors (Lipinski definition) is 1. The number of rotatable bonds is 4. The Morgan fingerprint density at radius 2 is 2.29 bits per heavy atom. The van der Waals surface area contributed by atoms with Gasteiger partial charge in [-0.1, -0.05) is 18.5 Å². The molecule has 0 heterocycles. The number of nitrogens with two attached hydrogens (primary N) is 1. The highest BCUT2D eigenvalue weighted by Crippen LogP contribution is 2.28. The summed E-state index contributed by atoms with van der Waals surface area (Å²) >= 11 is 9.18. The normalized spacial score (nSPS) is 12.6. The number of benzene rings is 1. The van der Waals surface area contributed by atoms with E-state index in [4.69, 9.17) is 22.1 Å². The van der Waals surface area contributed by atoms with Crippen molar-refractivity contribution in [3.63, 3.8) is 0 Å². The Hall–Kier alpha value is -0.250. The SMILES string of the molecule is CC(CN)COc1ccc(Cl)cc1Br. The van der Waals surface area contributed by atoms with Crippen molar-refractivity contribution in [2.24, 2.45) is 11.7 Å². The van der Waals surface area contributed by atoms with Crippen molar-refractivity contribution in [2.45, 2.75) is 6.92 Å². The quantitative estimate of drug-likeness (QED) is 0.918. The molecule has 14 heavy (non-hydrogen) atoms. The predicted molar refractivity (Wildman–Crippen MR) is 62.9 cm³/mol. The van der Waals surface area contributed by atoms with E-state index in [1.807, 2.05) is 19.1 Å². The molecule has 0 saturated carbocycles. The standard InChI is InChI=1S/C10H13BrClNO/c1-7(5-13)6-14-10-3-2-8(12)4-9(10)11/h2-4,7H,5-6,13H2,1H3. The molecule has 0 aromatic heterocycles. The Kier molecular flexibility index (Phi) is 4.72. The zero-order valence-electron chi connectivity index (χ0n) is 7.97. The van der Waals surface area contributed by atoms with Crippen LogP contribution >= 0.6 is 27.5 Å². The summed E-state index contributed by atoms with van der Waals surface area (Å²) in [5.41, 5.74) is 5.49. The minimum atomic E-state index is 0.359. The first-order valence-corrected chi connectivity index (χ1v) is 5.58. The van der Waals surface area contributed by atoms with Gasteiger partial charge in [0.1, 0.15) is 5.75 Å². The fourth-order valence-corrected chi connectivity index (χ4v) is 1.69. The van der Waals surface area contributed by atoms with Crippen molar-refractivity contribution >= 4 is 27.5 Å². The molecular formula is C10H13BrClNO. The largest absolute Gasteiger partial charge is 0.492 e. The summed E-state index contributed by atoms with van der Waals surface area (Å²) in [6, 6.07) is 5.45. The first-order chi connectivity index (χ1) is 6.63.